The molecule has 1 heterocycles. The van der Waals surface area contributed by atoms with Crippen molar-refractivity contribution in [3.05, 3.63) is 35.4 Å². The second kappa shape index (κ2) is 7.44. The molecule has 0 aliphatic carbocycles. The molecule has 0 aromatic heterocycles. The number of rotatable bonds is 5. The molecule has 2 N–H and O–H groups in total. The van der Waals surface area contributed by atoms with Crippen molar-refractivity contribution in [3.8, 4) is 0 Å². The molecule has 1 saturated heterocycles. The first-order valence-electron chi connectivity index (χ1n) is 7.72. The largest absolute Gasteiger partial charge is 0.342 e. The molecule has 1 atom stereocenters. The Labute approximate surface area is 122 Å². The van der Waals surface area contributed by atoms with E-state index in [1.807, 2.05) is 4.90 Å². The molecular formula is C17H26N2O. The monoisotopic (exact) mass is 274 g/mol. The number of benzene rings is 1. The number of hydrogen-bond acceptors (Lipinski definition) is 2. The zero-order valence-corrected chi connectivity index (χ0v) is 12.5. The van der Waals surface area contributed by atoms with Gasteiger partial charge >= 0.3 is 0 Å². The summed E-state index contributed by atoms with van der Waals surface area (Å²) in [5.74, 6) is 0.907. The fourth-order valence-electron chi connectivity index (χ4n) is 3.04. The first-order chi connectivity index (χ1) is 9.69. The fourth-order valence-corrected chi connectivity index (χ4v) is 3.04. The minimum absolute atomic E-state index is 0.299. The van der Waals surface area contributed by atoms with E-state index in [1.165, 1.54) is 17.5 Å². The van der Waals surface area contributed by atoms with Gasteiger partial charge in [-0.2, -0.15) is 0 Å². The lowest BCUT2D eigenvalue weighted by Crippen LogP contribution is -2.40. The summed E-state index contributed by atoms with van der Waals surface area (Å²) < 4.78 is 0. The molecular weight excluding hydrogens is 248 g/mol. The van der Waals surface area contributed by atoms with Gasteiger partial charge in [-0.15, -0.1) is 0 Å². The van der Waals surface area contributed by atoms with Crippen LogP contribution >= 0.6 is 0 Å². The Balaban J connectivity index is 1.82. The summed E-state index contributed by atoms with van der Waals surface area (Å²) in [6.07, 6.45) is 4.86. The van der Waals surface area contributed by atoms with E-state index in [2.05, 4.69) is 31.2 Å². The Hall–Kier alpha value is -1.35. The smallest absolute Gasteiger partial charge is 0.222 e. The molecule has 1 fully saturated rings. The van der Waals surface area contributed by atoms with E-state index in [1.54, 1.807) is 0 Å². The maximum atomic E-state index is 12.3. The molecule has 1 aliphatic rings. The molecule has 0 bridgehead atoms. The van der Waals surface area contributed by atoms with Crippen LogP contribution in [-0.4, -0.2) is 30.4 Å². The lowest BCUT2D eigenvalue weighted by Gasteiger charge is -2.32. The third-order valence-electron chi connectivity index (χ3n) is 4.16. The SMILES string of the molecule is Cc1cccc(CCC(=O)N2CCCC(CCN)C2)c1. The maximum Gasteiger partial charge on any atom is 0.222 e. The molecule has 0 radical (unpaired) electrons. The van der Waals surface area contributed by atoms with Crippen LogP contribution in [0.15, 0.2) is 24.3 Å². The fraction of sp³-hybridized carbons (Fsp3) is 0.588. The topological polar surface area (TPSA) is 46.3 Å². The van der Waals surface area contributed by atoms with E-state index < -0.39 is 0 Å². The second-order valence-electron chi connectivity index (χ2n) is 5.91. The zero-order valence-electron chi connectivity index (χ0n) is 12.5. The molecule has 1 aliphatic heterocycles. The summed E-state index contributed by atoms with van der Waals surface area (Å²) >= 11 is 0. The summed E-state index contributed by atoms with van der Waals surface area (Å²) in [5, 5.41) is 0. The number of nitrogens with two attached hydrogens (primary N) is 1. The number of hydrogen-bond donors (Lipinski definition) is 1. The maximum absolute atomic E-state index is 12.3. The summed E-state index contributed by atoms with van der Waals surface area (Å²) in [7, 11) is 0. The van der Waals surface area contributed by atoms with Crippen LogP contribution in [0.5, 0.6) is 0 Å². The predicted molar refractivity (Wildman–Crippen MR) is 82.5 cm³/mol. The number of piperidine rings is 1. The summed E-state index contributed by atoms with van der Waals surface area (Å²) in [6, 6.07) is 8.43. The Bertz CT molecular complexity index is 442. The Morgan fingerprint density at radius 1 is 1.45 bits per heavy atom. The quantitative estimate of drug-likeness (QED) is 0.897. The molecule has 0 spiro atoms. The molecule has 20 heavy (non-hydrogen) atoms. The van der Waals surface area contributed by atoms with Gasteiger partial charge in [0.05, 0.1) is 0 Å². The highest BCUT2D eigenvalue weighted by Gasteiger charge is 2.22. The van der Waals surface area contributed by atoms with Crippen molar-refractivity contribution < 1.29 is 4.79 Å². The van der Waals surface area contributed by atoms with Gasteiger partial charge in [0.1, 0.15) is 0 Å². The highest BCUT2D eigenvalue weighted by Crippen LogP contribution is 2.20. The third-order valence-corrected chi connectivity index (χ3v) is 4.16. The molecule has 110 valence electrons. The van der Waals surface area contributed by atoms with Crippen molar-refractivity contribution in [2.75, 3.05) is 19.6 Å². The molecule has 0 saturated carbocycles. The predicted octanol–water partition coefficient (Wildman–Crippen LogP) is 2.52. The average molecular weight is 274 g/mol. The lowest BCUT2D eigenvalue weighted by molar-refractivity contribution is -0.133. The number of carbonyl (C=O) groups is 1. The van der Waals surface area contributed by atoms with Gasteiger partial charge in [-0.05, 0) is 50.6 Å². The van der Waals surface area contributed by atoms with E-state index in [9.17, 15) is 4.79 Å². The van der Waals surface area contributed by atoms with Crippen LogP contribution < -0.4 is 5.73 Å². The average Bonchev–Trinajstić information content (AvgIpc) is 2.45. The van der Waals surface area contributed by atoms with Gasteiger partial charge in [-0.3, -0.25) is 4.79 Å². The number of nitrogens with zero attached hydrogens (tertiary/aromatic N) is 1. The van der Waals surface area contributed by atoms with E-state index >= 15 is 0 Å². The van der Waals surface area contributed by atoms with Crippen molar-refractivity contribution in [2.45, 2.75) is 39.0 Å². The van der Waals surface area contributed by atoms with Gasteiger partial charge in [0.15, 0.2) is 0 Å². The number of aryl methyl sites for hydroxylation is 2. The number of carbonyl (C=O) groups excluding carboxylic acids is 1. The van der Waals surface area contributed by atoms with Crippen LogP contribution in [0.3, 0.4) is 0 Å². The normalized spacial score (nSPS) is 19.1. The van der Waals surface area contributed by atoms with Gasteiger partial charge in [-0.25, -0.2) is 0 Å². The van der Waals surface area contributed by atoms with Gasteiger partial charge in [0.2, 0.25) is 5.91 Å². The highest BCUT2D eigenvalue weighted by molar-refractivity contribution is 5.76. The molecule has 3 heteroatoms. The van der Waals surface area contributed by atoms with Crippen molar-refractivity contribution >= 4 is 5.91 Å². The van der Waals surface area contributed by atoms with Gasteiger partial charge < -0.3 is 10.6 Å². The second-order valence-corrected chi connectivity index (χ2v) is 5.91. The summed E-state index contributed by atoms with van der Waals surface area (Å²) in [6.45, 7) is 4.65. The van der Waals surface area contributed by atoms with Crippen LogP contribution in [0.4, 0.5) is 0 Å². The molecule has 1 aromatic rings. The highest BCUT2D eigenvalue weighted by atomic mass is 16.2. The van der Waals surface area contributed by atoms with Crippen molar-refractivity contribution in [1.29, 1.82) is 0 Å². The lowest BCUT2D eigenvalue weighted by atomic mass is 9.94. The van der Waals surface area contributed by atoms with Gasteiger partial charge in [0, 0.05) is 19.5 Å². The molecule has 3 nitrogen and oxygen atoms in total. The van der Waals surface area contributed by atoms with Crippen LogP contribution in [-0.2, 0) is 11.2 Å². The van der Waals surface area contributed by atoms with Crippen molar-refractivity contribution in [1.82, 2.24) is 4.90 Å². The third kappa shape index (κ3) is 4.34. The van der Waals surface area contributed by atoms with Gasteiger partial charge in [0.25, 0.3) is 0 Å². The molecule has 1 amide bonds. The Kier molecular flexibility index (Phi) is 5.60. The molecule has 1 unspecified atom stereocenters. The van der Waals surface area contributed by atoms with E-state index in [4.69, 9.17) is 5.73 Å². The zero-order chi connectivity index (χ0) is 14.4. The standard InChI is InChI=1S/C17H26N2O/c1-14-4-2-5-15(12-14)7-8-17(20)19-11-3-6-16(13-19)9-10-18/h2,4-5,12,16H,3,6-11,13,18H2,1H3. The minimum Gasteiger partial charge on any atom is -0.342 e. The van der Waals surface area contributed by atoms with Crippen LogP contribution in [0.25, 0.3) is 0 Å². The summed E-state index contributed by atoms with van der Waals surface area (Å²) in [5.41, 5.74) is 8.14. The van der Waals surface area contributed by atoms with Gasteiger partial charge in [-0.1, -0.05) is 29.8 Å². The van der Waals surface area contributed by atoms with Crippen molar-refractivity contribution in [2.24, 2.45) is 11.7 Å². The van der Waals surface area contributed by atoms with E-state index in [0.29, 0.717) is 18.2 Å². The van der Waals surface area contributed by atoms with E-state index in [0.717, 1.165) is 38.9 Å². The Morgan fingerprint density at radius 2 is 2.30 bits per heavy atom. The Morgan fingerprint density at radius 3 is 3.05 bits per heavy atom. The number of likely N-dealkylation sites (tertiary alicyclic amines) is 1. The van der Waals surface area contributed by atoms with Crippen LogP contribution in [0.2, 0.25) is 0 Å². The van der Waals surface area contributed by atoms with E-state index in [-0.39, 0.29) is 0 Å². The summed E-state index contributed by atoms with van der Waals surface area (Å²) in [4.78, 5) is 14.3. The molecule has 2 rings (SSSR count). The number of amides is 1. The first kappa shape index (κ1) is 15.0. The minimum atomic E-state index is 0.299. The first-order valence-corrected chi connectivity index (χ1v) is 7.72. The van der Waals surface area contributed by atoms with Crippen LogP contribution in [0.1, 0.15) is 36.8 Å². The van der Waals surface area contributed by atoms with Crippen LogP contribution in [0, 0.1) is 12.8 Å². The molecule has 1 aromatic carbocycles. The van der Waals surface area contributed by atoms with Crippen molar-refractivity contribution in [3.63, 3.8) is 0 Å².